The van der Waals surface area contributed by atoms with Gasteiger partial charge in [0.25, 0.3) is 11.5 Å². The molecule has 0 bridgehead atoms. The smallest absolute Gasteiger partial charge is 0.326 e. The van der Waals surface area contributed by atoms with Gasteiger partial charge in [0, 0.05) is 30.8 Å². The first-order chi connectivity index (χ1) is 16.2. The van der Waals surface area contributed by atoms with Crippen molar-refractivity contribution in [3.63, 3.8) is 0 Å². The molecule has 0 saturated carbocycles. The first-order valence-electron chi connectivity index (χ1n) is 10.2. The molecule has 2 amide bonds. The summed E-state index contributed by atoms with van der Waals surface area (Å²) < 4.78 is 0. The predicted octanol–water partition coefficient (Wildman–Crippen LogP) is -0.731. The number of anilines is 4. The summed E-state index contributed by atoms with van der Waals surface area (Å²) in [5.41, 5.74) is 5.89. The zero-order valence-corrected chi connectivity index (χ0v) is 17.8. The van der Waals surface area contributed by atoms with Gasteiger partial charge in [-0.25, -0.2) is 4.79 Å². The van der Waals surface area contributed by atoms with Crippen LogP contribution >= 0.6 is 0 Å². The Hall–Kier alpha value is -4.62. The number of nitrogens with one attached hydrogen (secondary N) is 4. The van der Waals surface area contributed by atoms with E-state index in [2.05, 4.69) is 25.9 Å². The topological polar surface area (TPSA) is 220 Å². The second-order valence-electron chi connectivity index (χ2n) is 7.50. The van der Waals surface area contributed by atoms with E-state index in [1.165, 1.54) is 29.2 Å². The third kappa shape index (κ3) is 5.79. The molecule has 1 aromatic heterocycles. The van der Waals surface area contributed by atoms with Gasteiger partial charge in [-0.2, -0.15) is 4.98 Å². The minimum atomic E-state index is -1.35. The normalized spacial score (nSPS) is 15.1. The fourth-order valence-electron chi connectivity index (χ4n) is 3.36. The second kappa shape index (κ2) is 10.3. The number of nitrogens with two attached hydrogens (primary N) is 1. The van der Waals surface area contributed by atoms with E-state index >= 15 is 0 Å². The van der Waals surface area contributed by atoms with Gasteiger partial charge in [0.1, 0.15) is 11.7 Å². The average molecular weight is 479 g/mol. The van der Waals surface area contributed by atoms with Crippen LogP contribution in [0.4, 0.5) is 23.1 Å². The first kappa shape index (κ1) is 24.0. The summed E-state index contributed by atoms with van der Waals surface area (Å²) in [6.07, 6.45) is -0.0671. The third-order valence-corrected chi connectivity index (χ3v) is 5.06. The molecular formula is C20H23N7O7. The molecule has 0 saturated heterocycles. The summed E-state index contributed by atoms with van der Waals surface area (Å²) in [5, 5.41) is 26.2. The molecule has 8 N–H and O–H groups in total. The van der Waals surface area contributed by atoms with E-state index in [1.807, 2.05) is 0 Å². The number of hydrogen-bond donors (Lipinski definition) is 7. The zero-order chi connectivity index (χ0) is 24.8. The summed E-state index contributed by atoms with van der Waals surface area (Å²) in [6.45, 7) is 0.544. The number of aromatic amines is 1. The molecule has 1 aromatic carbocycles. The fourth-order valence-corrected chi connectivity index (χ4v) is 3.36. The Kier molecular flexibility index (Phi) is 7.30. The molecule has 0 radical (unpaired) electrons. The van der Waals surface area contributed by atoms with Crippen molar-refractivity contribution < 1.29 is 29.4 Å². The fraction of sp³-hybridized carbons (Fsp3) is 0.300. The molecule has 14 nitrogen and oxygen atoms in total. The molecule has 2 heterocycles. The minimum Gasteiger partial charge on any atom is -0.481 e. The van der Waals surface area contributed by atoms with Crippen molar-refractivity contribution in [3.05, 3.63) is 40.2 Å². The number of rotatable bonds is 10. The van der Waals surface area contributed by atoms with Gasteiger partial charge >= 0.3 is 11.9 Å². The van der Waals surface area contributed by atoms with Crippen LogP contribution in [0.2, 0.25) is 0 Å². The third-order valence-electron chi connectivity index (χ3n) is 5.06. The number of aliphatic carboxylic acids is 2. The van der Waals surface area contributed by atoms with Gasteiger partial charge in [0.05, 0.1) is 6.04 Å². The van der Waals surface area contributed by atoms with Crippen LogP contribution in [0.3, 0.4) is 0 Å². The molecule has 0 fully saturated rings. The number of aromatic nitrogens is 2. The van der Waals surface area contributed by atoms with Crippen LogP contribution in [0, 0.1) is 0 Å². The van der Waals surface area contributed by atoms with Crippen molar-refractivity contribution in [2.75, 3.05) is 34.4 Å². The largest absolute Gasteiger partial charge is 0.481 e. The molecule has 14 heteroatoms. The van der Waals surface area contributed by atoms with Gasteiger partial charge in [-0.05, 0) is 30.7 Å². The maximum Gasteiger partial charge on any atom is 0.326 e. The van der Waals surface area contributed by atoms with Gasteiger partial charge in [0.2, 0.25) is 12.4 Å². The molecule has 1 aliphatic heterocycles. The number of nitrogens with zero attached hydrogens (tertiary/aromatic N) is 2. The highest BCUT2D eigenvalue weighted by molar-refractivity contribution is 5.97. The van der Waals surface area contributed by atoms with E-state index < -0.39 is 35.9 Å². The Morgan fingerprint density at radius 2 is 1.97 bits per heavy atom. The number of carboxylic acids is 2. The highest BCUT2D eigenvalue weighted by Crippen LogP contribution is 2.21. The van der Waals surface area contributed by atoms with Crippen LogP contribution in [-0.2, 0) is 14.4 Å². The Bertz CT molecular complexity index is 1150. The molecule has 1 aliphatic rings. The number of carboxylic acid groups (broad SMARTS) is 2. The lowest BCUT2D eigenvalue weighted by molar-refractivity contribution is -0.140. The van der Waals surface area contributed by atoms with E-state index in [-0.39, 0.29) is 36.2 Å². The van der Waals surface area contributed by atoms with Gasteiger partial charge in [-0.1, -0.05) is 0 Å². The van der Waals surface area contributed by atoms with Gasteiger partial charge < -0.3 is 36.8 Å². The van der Waals surface area contributed by atoms with Crippen molar-refractivity contribution in [2.45, 2.75) is 24.9 Å². The van der Waals surface area contributed by atoms with Gasteiger partial charge in [-0.3, -0.25) is 24.2 Å². The lowest BCUT2D eigenvalue weighted by Crippen LogP contribution is -2.45. The Morgan fingerprint density at radius 1 is 1.26 bits per heavy atom. The zero-order valence-electron chi connectivity index (χ0n) is 17.8. The first-order valence-corrected chi connectivity index (χ1v) is 10.2. The SMILES string of the molecule is Nc1nc2c(c(=O)[nH]1)NC(CN(C=O)[13c]1[13cH][13cH][13c](C(=O)N[C@@H](CCC(=O)O)C(=O)O)[13cH][13cH]1)CN2. The molecule has 3 rings (SSSR count). The Morgan fingerprint density at radius 3 is 2.59 bits per heavy atom. The van der Waals surface area contributed by atoms with Crippen molar-refractivity contribution in [3.8, 4) is 0 Å². The molecule has 2 atom stereocenters. The highest BCUT2D eigenvalue weighted by Gasteiger charge is 2.24. The maximum atomic E-state index is 12.4. The molecule has 1 unspecified atom stereocenters. The average Bonchev–Trinajstić information content (AvgIpc) is 2.80. The summed E-state index contributed by atoms with van der Waals surface area (Å²) in [7, 11) is 0. The molecule has 180 valence electrons. The summed E-state index contributed by atoms with van der Waals surface area (Å²) in [6, 6.07) is 4.16. The van der Waals surface area contributed by atoms with E-state index in [4.69, 9.17) is 10.8 Å². The molecule has 34 heavy (non-hydrogen) atoms. The van der Waals surface area contributed by atoms with Crippen molar-refractivity contribution in [1.29, 1.82) is 0 Å². The van der Waals surface area contributed by atoms with Gasteiger partial charge in [0.15, 0.2) is 5.82 Å². The number of hydrogen-bond acceptors (Lipinski definition) is 9. The van der Waals surface area contributed by atoms with Gasteiger partial charge in [-0.15, -0.1) is 0 Å². The second-order valence-corrected chi connectivity index (χ2v) is 7.50. The Balaban J connectivity index is 1.65. The van der Waals surface area contributed by atoms with Crippen LogP contribution in [0.15, 0.2) is 29.1 Å². The number of carbonyl (C=O) groups excluding carboxylic acids is 2. The standard InChI is InChI=1S/C20H23N7O7/c21-20-25-16-15(18(32)26-20)23-11(7-22-16)8-27(9-28)12-3-1-10(2-4-12)17(31)24-13(19(33)34)5-6-14(29)30/h1-4,9,11,13,23H,5-8H2,(H,24,31)(H,29,30)(H,33,34)(H4,21,22,25,26,32)/t11?,13-/m0/s1/i1+1,2+1,3+1,4+1,10+1,12+1. The monoisotopic (exact) mass is 479 g/mol. The summed E-state index contributed by atoms with van der Waals surface area (Å²) in [4.78, 5) is 65.9. The van der Waals surface area contributed by atoms with Crippen molar-refractivity contribution >= 4 is 47.4 Å². The van der Waals surface area contributed by atoms with Crippen LogP contribution in [-0.4, -0.2) is 69.6 Å². The number of H-pyrrole nitrogens is 1. The van der Waals surface area contributed by atoms with Crippen molar-refractivity contribution in [1.82, 2.24) is 15.3 Å². The van der Waals surface area contributed by atoms with E-state index in [1.54, 1.807) is 0 Å². The summed E-state index contributed by atoms with van der Waals surface area (Å²) in [5.74, 6) is -2.91. The molecular weight excluding hydrogens is 456 g/mol. The van der Waals surface area contributed by atoms with E-state index in [0.29, 0.717) is 24.5 Å². The number of carbonyl (C=O) groups is 4. The maximum absolute atomic E-state index is 12.4. The minimum absolute atomic E-state index is 0.0216. The lowest BCUT2D eigenvalue weighted by Gasteiger charge is -2.30. The Labute approximate surface area is 192 Å². The number of nitrogen functional groups attached to an aromatic ring is 1. The molecule has 2 aromatic rings. The number of amides is 2. The van der Waals surface area contributed by atoms with E-state index in [0.717, 1.165) is 0 Å². The quantitative estimate of drug-likeness (QED) is 0.211. The number of fused-ring (bicyclic) bond motifs is 1. The number of benzene rings is 1. The molecule has 0 aliphatic carbocycles. The van der Waals surface area contributed by atoms with Crippen LogP contribution in [0.5, 0.6) is 0 Å². The van der Waals surface area contributed by atoms with Crippen LogP contribution in [0.1, 0.15) is 23.2 Å². The molecule has 0 spiro atoms. The highest BCUT2D eigenvalue weighted by atomic mass is 16.4. The lowest BCUT2D eigenvalue weighted by atomic mass is 10.1. The van der Waals surface area contributed by atoms with E-state index in [9.17, 15) is 29.1 Å². The van der Waals surface area contributed by atoms with Crippen LogP contribution < -0.4 is 32.1 Å². The summed E-state index contributed by atoms with van der Waals surface area (Å²) >= 11 is 0. The predicted molar refractivity (Wildman–Crippen MR) is 121 cm³/mol. The van der Waals surface area contributed by atoms with Crippen molar-refractivity contribution in [2.24, 2.45) is 0 Å². The van der Waals surface area contributed by atoms with Crippen LogP contribution in [0.25, 0.3) is 0 Å².